The van der Waals surface area contributed by atoms with Crippen molar-refractivity contribution in [1.82, 2.24) is 20.1 Å². The molecular formula is C26H36N4O. The molecule has 31 heavy (non-hydrogen) atoms. The number of nitrogens with zero attached hydrogens (tertiary/aromatic N) is 3. The third kappa shape index (κ3) is 3.45. The SMILES string of the molecule is CC1([C@@H]2C[C@H](NCCC3(c4ccccn4)CCOC4(CCCC4)C3)c3ccnn32)CC1. The standard InChI is InChI=1S/C26H36N4O/c1-24(10-11-24)23-18-20(21-7-15-29-30(21)23)27-16-12-25(22-6-2-5-14-28-22)13-17-31-26(19-25)8-3-4-9-26/h2,5-7,14-15,20,23,27H,3-4,8-13,16-19H2,1H3/t20-,23-,25?/m0/s1. The molecule has 6 rings (SSSR count). The van der Waals surface area contributed by atoms with Crippen molar-refractivity contribution in [3.8, 4) is 0 Å². The van der Waals surface area contributed by atoms with Crippen molar-refractivity contribution < 1.29 is 4.74 Å². The predicted molar refractivity (Wildman–Crippen MR) is 121 cm³/mol. The van der Waals surface area contributed by atoms with E-state index in [4.69, 9.17) is 14.8 Å². The van der Waals surface area contributed by atoms with E-state index in [9.17, 15) is 0 Å². The van der Waals surface area contributed by atoms with E-state index < -0.39 is 0 Å². The van der Waals surface area contributed by atoms with Gasteiger partial charge >= 0.3 is 0 Å². The van der Waals surface area contributed by atoms with Gasteiger partial charge in [-0.1, -0.05) is 25.8 Å². The summed E-state index contributed by atoms with van der Waals surface area (Å²) in [6.45, 7) is 4.32. The van der Waals surface area contributed by atoms with Crippen LogP contribution in [-0.4, -0.2) is 33.5 Å². The molecule has 4 heterocycles. The number of aromatic nitrogens is 3. The van der Waals surface area contributed by atoms with Gasteiger partial charge in [-0.05, 0) is 81.5 Å². The summed E-state index contributed by atoms with van der Waals surface area (Å²) in [4.78, 5) is 4.86. The molecule has 1 spiro atoms. The Hall–Kier alpha value is -1.72. The topological polar surface area (TPSA) is 52.0 Å². The summed E-state index contributed by atoms with van der Waals surface area (Å²) in [7, 11) is 0. The summed E-state index contributed by atoms with van der Waals surface area (Å²) in [5, 5.41) is 8.64. The Balaban J connectivity index is 1.19. The van der Waals surface area contributed by atoms with E-state index in [1.54, 1.807) is 0 Å². The maximum absolute atomic E-state index is 6.42. The third-order valence-corrected chi connectivity index (χ3v) is 9.02. The van der Waals surface area contributed by atoms with E-state index >= 15 is 0 Å². The highest BCUT2D eigenvalue weighted by atomic mass is 16.5. The molecule has 0 amide bonds. The van der Waals surface area contributed by atoms with Crippen molar-refractivity contribution in [3.05, 3.63) is 48.0 Å². The van der Waals surface area contributed by atoms with Crippen LogP contribution in [0.3, 0.4) is 0 Å². The van der Waals surface area contributed by atoms with Crippen LogP contribution >= 0.6 is 0 Å². The van der Waals surface area contributed by atoms with Crippen LogP contribution in [-0.2, 0) is 10.2 Å². The molecule has 2 aromatic rings. The summed E-state index contributed by atoms with van der Waals surface area (Å²) in [6.07, 6.45) is 16.2. The summed E-state index contributed by atoms with van der Waals surface area (Å²) in [5.41, 5.74) is 3.32. The zero-order chi connectivity index (χ0) is 20.9. The first-order chi connectivity index (χ1) is 15.1. The average molecular weight is 421 g/mol. The van der Waals surface area contributed by atoms with Gasteiger partial charge in [-0.2, -0.15) is 5.10 Å². The Bertz CT molecular complexity index is 914. The lowest BCUT2D eigenvalue weighted by molar-refractivity contribution is -0.104. The molecule has 1 saturated heterocycles. The second-order valence-corrected chi connectivity index (χ2v) is 11.0. The maximum atomic E-state index is 6.42. The van der Waals surface area contributed by atoms with Crippen molar-refractivity contribution >= 4 is 0 Å². The van der Waals surface area contributed by atoms with E-state index in [0.717, 1.165) is 32.4 Å². The van der Waals surface area contributed by atoms with Crippen molar-refractivity contribution in [2.24, 2.45) is 5.41 Å². The molecule has 3 fully saturated rings. The van der Waals surface area contributed by atoms with E-state index in [1.165, 1.54) is 56.3 Å². The Morgan fingerprint density at radius 2 is 1.97 bits per heavy atom. The minimum atomic E-state index is 0.0907. The fourth-order valence-corrected chi connectivity index (χ4v) is 6.88. The van der Waals surface area contributed by atoms with Gasteiger partial charge in [0.1, 0.15) is 0 Å². The smallest absolute Gasteiger partial charge is 0.0691 e. The number of pyridine rings is 1. The van der Waals surface area contributed by atoms with E-state index in [2.05, 4.69) is 35.1 Å². The highest BCUT2D eigenvalue weighted by Gasteiger charge is 2.51. The molecule has 0 bridgehead atoms. The van der Waals surface area contributed by atoms with Crippen molar-refractivity contribution in [1.29, 1.82) is 0 Å². The second-order valence-electron chi connectivity index (χ2n) is 11.0. The minimum absolute atomic E-state index is 0.0907. The van der Waals surface area contributed by atoms with Crippen molar-refractivity contribution in [3.63, 3.8) is 0 Å². The summed E-state index contributed by atoms with van der Waals surface area (Å²) in [6, 6.07) is 9.65. The van der Waals surface area contributed by atoms with Crippen LogP contribution in [0.15, 0.2) is 36.7 Å². The molecule has 2 aliphatic heterocycles. The van der Waals surface area contributed by atoms with Gasteiger partial charge < -0.3 is 10.1 Å². The van der Waals surface area contributed by atoms with Crippen molar-refractivity contribution in [2.75, 3.05) is 13.2 Å². The van der Waals surface area contributed by atoms with Gasteiger partial charge in [0.25, 0.3) is 0 Å². The molecule has 1 unspecified atom stereocenters. The van der Waals surface area contributed by atoms with Crippen LogP contribution in [0.5, 0.6) is 0 Å². The highest BCUT2D eigenvalue weighted by Crippen LogP contribution is 2.58. The number of hydrogen-bond acceptors (Lipinski definition) is 4. The first-order valence-corrected chi connectivity index (χ1v) is 12.4. The molecule has 0 aromatic carbocycles. The van der Waals surface area contributed by atoms with Crippen LogP contribution in [0.1, 0.15) is 94.6 Å². The maximum Gasteiger partial charge on any atom is 0.0691 e. The Morgan fingerprint density at radius 1 is 1.10 bits per heavy atom. The van der Waals surface area contributed by atoms with Gasteiger partial charge in [-0.15, -0.1) is 0 Å². The number of fused-ring (bicyclic) bond motifs is 1. The lowest BCUT2D eigenvalue weighted by Gasteiger charge is -2.46. The van der Waals surface area contributed by atoms with Gasteiger partial charge in [0.05, 0.1) is 23.4 Å². The number of ether oxygens (including phenoxy) is 1. The molecule has 2 saturated carbocycles. The van der Waals surface area contributed by atoms with Gasteiger partial charge in [0, 0.05) is 30.1 Å². The second kappa shape index (κ2) is 7.41. The number of nitrogens with one attached hydrogen (secondary N) is 1. The lowest BCUT2D eigenvalue weighted by Crippen LogP contribution is -2.47. The van der Waals surface area contributed by atoms with Crippen LogP contribution in [0.25, 0.3) is 0 Å². The summed E-state index contributed by atoms with van der Waals surface area (Å²) in [5.74, 6) is 0. The largest absolute Gasteiger partial charge is 0.375 e. The lowest BCUT2D eigenvalue weighted by atomic mass is 9.68. The first kappa shape index (κ1) is 19.9. The molecule has 5 nitrogen and oxygen atoms in total. The van der Waals surface area contributed by atoms with E-state index in [-0.39, 0.29) is 11.0 Å². The van der Waals surface area contributed by atoms with Crippen LogP contribution in [0, 0.1) is 5.41 Å². The van der Waals surface area contributed by atoms with E-state index in [0.29, 0.717) is 17.5 Å². The zero-order valence-electron chi connectivity index (χ0n) is 18.9. The molecule has 0 radical (unpaired) electrons. The summed E-state index contributed by atoms with van der Waals surface area (Å²) >= 11 is 0. The van der Waals surface area contributed by atoms with Crippen LogP contribution in [0.4, 0.5) is 0 Å². The number of hydrogen-bond donors (Lipinski definition) is 1. The molecule has 1 N–H and O–H groups in total. The molecule has 4 aliphatic rings. The molecule has 3 atom stereocenters. The monoisotopic (exact) mass is 420 g/mol. The van der Waals surface area contributed by atoms with Gasteiger partial charge in [0.15, 0.2) is 0 Å². The van der Waals surface area contributed by atoms with Gasteiger partial charge in [-0.25, -0.2) is 0 Å². The van der Waals surface area contributed by atoms with Crippen LogP contribution < -0.4 is 5.32 Å². The predicted octanol–water partition coefficient (Wildman–Crippen LogP) is 5.11. The fourth-order valence-electron chi connectivity index (χ4n) is 6.88. The molecule has 2 aromatic heterocycles. The zero-order valence-corrected chi connectivity index (χ0v) is 18.9. The van der Waals surface area contributed by atoms with Crippen LogP contribution in [0.2, 0.25) is 0 Å². The summed E-state index contributed by atoms with van der Waals surface area (Å²) < 4.78 is 8.74. The Morgan fingerprint density at radius 3 is 2.74 bits per heavy atom. The van der Waals surface area contributed by atoms with Crippen molar-refractivity contribution in [2.45, 2.75) is 94.2 Å². The minimum Gasteiger partial charge on any atom is -0.375 e. The third-order valence-electron chi connectivity index (χ3n) is 9.02. The quantitative estimate of drug-likeness (QED) is 0.706. The average Bonchev–Trinajstić information content (AvgIpc) is 3.16. The van der Waals surface area contributed by atoms with E-state index in [1.807, 2.05) is 18.5 Å². The fraction of sp³-hybridized carbons (Fsp3) is 0.692. The first-order valence-electron chi connectivity index (χ1n) is 12.4. The number of rotatable bonds is 6. The molecular weight excluding hydrogens is 384 g/mol. The van der Waals surface area contributed by atoms with Gasteiger partial charge in [0.2, 0.25) is 0 Å². The Labute approximate surface area is 186 Å². The van der Waals surface area contributed by atoms with Gasteiger partial charge in [-0.3, -0.25) is 9.67 Å². The molecule has 166 valence electrons. The highest BCUT2D eigenvalue weighted by molar-refractivity contribution is 5.21. The molecule has 5 heteroatoms. The Kier molecular flexibility index (Phi) is 4.77. The normalized spacial score (nSPS) is 32.9. The molecule has 2 aliphatic carbocycles.